The van der Waals surface area contributed by atoms with Crippen LogP contribution in [0, 0.1) is 11.8 Å². The summed E-state index contributed by atoms with van der Waals surface area (Å²) in [6.45, 7) is 11.9. The maximum Gasteiger partial charge on any atom is 0.246 e. The van der Waals surface area contributed by atoms with Gasteiger partial charge in [0.15, 0.2) is 5.96 Å². The van der Waals surface area contributed by atoms with Crippen molar-refractivity contribution in [2.45, 2.75) is 39.7 Å². The summed E-state index contributed by atoms with van der Waals surface area (Å²) in [5.74, 6) is 2.30. The standard InChI is InChI=1S/C21H37N7O/c1-16(2)19(26-8-6-17(3)7-9-26)13-23-21(22-4)27-10-11-28(20(29)15-27)18-12-24-25(5)14-18/h12,14,16-17,19H,6-11,13,15H2,1-5H3,(H,22,23). The van der Waals surface area contributed by atoms with Crippen molar-refractivity contribution in [3.63, 3.8) is 0 Å². The minimum absolute atomic E-state index is 0.0811. The summed E-state index contributed by atoms with van der Waals surface area (Å²) in [7, 11) is 3.66. The fourth-order valence-corrected chi connectivity index (χ4v) is 4.35. The van der Waals surface area contributed by atoms with Gasteiger partial charge >= 0.3 is 0 Å². The van der Waals surface area contributed by atoms with Crippen LogP contribution in [-0.4, -0.2) is 83.8 Å². The Balaban J connectivity index is 1.56. The number of piperidine rings is 1. The Morgan fingerprint density at radius 2 is 2.00 bits per heavy atom. The highest BCUT2D eigenvalue weighted by atomic mass is 16.2. The number of carbonyl (C=O) groups is 1. The van der Waals surface area contributed by atoms with Crippen LogP contribution in [0.3, 0.4) is 0 Å². The first-order chi connectivity index (χ1) is 13.9. The molecule has 2 aliphatic heterocycles. The lowest BCUT2D eigenvalue weighted by Gasteiger charge is -2.40. The van der Waals surface area contributed by atoms with Gasteiger partial charge in [0.25, 0.3) is 0 Å². The minimum atomic E-state index is 0.0811. The third-order valence-electron chi connectivity index (χ3n) is 6.26. The molecular formula is C21H37N7O. The Bertz CT molecular complexity index is 706. The summed E-state index contributed by atoms with van der Waals surface area (Å²) in [5.41, 5.74) is 0.860. The highest BCUT2D eigenvalue weighted by Gasteiger charge is 2.29. The number of rotatable bonds is 5. The quantitative estimate of drug-likeness (QED) is 0.595. The molecule has 2 saturated heterocycles. The number of aryl methyl sites for hydroxylation is 1. The van der Waals surface area contributed by atoms with Gasteiger partial charge in [-0.2, -0.15) is 5.10 Å². The molecule has 2 aliphatic rings. The van der Waals surface area contributed by atoms with E-state index in [1.54, 1.807) is 17.9 Å². The first kappa shape index (κ1) is 21.6. The number of aromatic nitrogens is 2. The third kappa shape index (κ3) is 5.29. The largest absolute Gasteiger partial charge is 0.355 e. The van der Waals surface area contributed by atoms with Crippen molar-refractivity contribution in [1.82, 2.24) is 24.9 Å². The summed E-state index contributed by atoms with van der Waals surface area (Å²) in [6, 6.07) is 0.478. The van der Waals surface area contributed by atoms with E-state index in [-0.39, 0.29) is 5.91 Å². The van der Waals surface area contributed by atoms with Crippen LogP contribution < -0.4 is 10.2 Å². The van der Waals surface area contributed by atoms with Crippen molar-refractivity contribution in [1.29, 1.82) is 0 Å². The summed E-state index contributed by atoms with van der Waals surface area (Å²) in [6.07, 6.45) is 6.19. The van der Waals surface area contributed by atoms with E-state index in [9.17, 15) is 4.79 Å². The van der Waals surface area contributed by atoms with Gasteiger partial charge in [0, 0.05) is 46.0 Å². The van der Waals surface area contributed by atoms with Crippen LogP contribution in [0.25, 0.3) is 0 Å². The van der Waals surface area contributed by atoms with Gasteiger partial charge in [0.1, 0.15) is 6.54 Å². The lowest BCUT2D eigenvalue weighted by molar-refractivity contribution is -0.120. The monoisotopic (exact) mass is 403 g/mol. The van der Waals surface area contributed by atoms with Crippen LogP contribution in [-0.2, 0) is 11.8 Å². The highest BCUT2D eigenvalue weighted by Crippen LogP contribution is 2.21. The SMILES string of the molecule is CN=C(NCC(C(C)C)N1CCC(C)CC1)N1CCN(c2cnn(C)c2)C(=O)C1. The molecule has 0 aromatic carbocycles. The Hall–Kier alpha value is -2.09. The molecule has 0 aliphatic carbocycles. The molecule has 3 rings (SSSR count). The Labute approximate surface area is 174 Å². The van der Waals surface area contributed by atoms with E-state index in [2.05, 4.69) is 46.0 Å². The molecule has 1 atom stereocenters. The molecule has 29 heavy (non-hydrogen) atoms. The molecule has 0 radical (unpaired) electrons. The van der Waals surface area contributed by atoms with Gasteiger partial charge < -0.3 is 15.1 Å². The molecule has 162 valence electrons. The summed E-state index contributed by atoms with van der Waals surface area (Å²) in [4.78, 5) is 23.7. The van der Waals surface area contributed by atoms with E-state index in [1.165, 1.54) is 25.9 Å². The fraction of sp³-hybridized carbons (Fsp3) is 0.762. The van der Waals surface area contributed by atoms with Crippen LogP contribution in [0.5, 0.6) is 0 Å². The second-order valence-electron chi connectivity index (χ2n) is 8.80. The molecular weight excluding hydrogens is 366 g/mol. The number of hydrogen-bond acceptors (Lipinski definition) is 4. The molecule has 3 heterocycles. The van der Waals surface area contributed by atoms with Crippen molar-refractivity contribution < 1.29 is 4.79 Å². The average Bonchev–Trinajstić information content (AvgIpc) is 3.12. The van der Waals surface area contributed by atoms with Crippen molar-refractivity contribution in [3.8, 4) is 0 Å². The number of piperazine rings is 1. The normalized spacial score (nSPS) is 21.2. The number of aliphatic imine (C=N–C) groups is 1. The van der Waals surface area contributed by atoms with Crippen molar-refractivity contribution in [2.75, 3.05) is 51.2 Å². The smallest absolute Gasteiger partial charge is 0.246 e. The zero-order chi connectivity index (χ0) is 21.0. The second kappa shape index (κ2) is 9.61. The van der Waals surface area contributed by atoms with Crippen molar-refractivity contribution >= 4 is 17.6 Å². The Morgan fingerprint density at radius 3 is 2.55 bits per heavy atom. The Kier molecular flexibility index (Phi) is 7.16. The third-order valence-corrected chi connectivity index (χ3v) is 6.26. The zero-order valence-corrected chi connectivity index (χ0v) is 18.6. The van der Waals surface area contributed by atoms with Crippen LogP contribution >= 0.6 is 0 Å². The van der Waals surface area contributed by atoms with Gasteiger partial charge in [-0.05, 0) is 37.8 Å². The van der Waals surface area contributed by atoms with Gasteiger partial charge in [-0.1, -0.05) is 20.8 Å². The molecule has 0 saturated carbocycles. The zero-order valence-electron chi connectivity index (χ0n) is 18.6. The maximum absolute atomic E-state index is 12.7. The number of amides is 1. The lowest BCUT2D eigenvalue weighted by Crippen LogP contribution is -2.57. The van der Waals surface area contributed by atoms with Gasteiger partial charge in [-0.3, -0.25) is 19.4 Å². The van der Waals surface area contributed by atoms with Crippen LogP contribution in [0.4, 0.5) is 5.69 Å². The van der Waals surface area contributed by atoms with Gasteiger partial charge in [-0.15, -0.1) is 0 Å². The first-order valence-electron chi connectivity index (χ1n) is 10.9. The topological polar surface area (TPSA) is 69.0 Å². The maximum atomic E-state index is 12.7. The first-order valence-corrected chi connectivity index (χ1v) is 10.9. The number of likely N-dealkylation sites (tertiary alicyclic amines) is 1. The molecule has 1 aromatic rings. The lowest BCUT2D eigenvalue weighted by atomic mass is 9.94. The molecule has 0 spiro atoms. The van der Waals surface area contributed by atoms with Crippen molar-refractivity contribution in [3.05, 3.63) is 12.4 Å². The molecule has 1 aromatic heterocycles. The molecule has 1 unspecified atom stereocenters. The van der Waals surface area contributed by atoms with E-state index in [0.29, 0.717) is 25.0 Å². The summed E-state index contributed by atoms with van der Waals surface area (Å²) >= 11 is 0. The predicted molar refractivity (Wildman–Crippen MR) is 117 cm³/mol. The van der Waals surface area contributed by atoms with Crippen LogP contribution in [0.1, 0.15) is 33.6 Å². The van der Waals surface area contributed by atoms with Gasteiger partial charge in [0.2, 0.25) is 5.91 Å². The average molecular weight is 404 g/mol. The Morgan fingerprint density at radius 1 is 1.28 bits per heavy atom. The molecule has 1 N–H and O–H groups in total. The predicted octanol–water partition coefficient (Wildman–Crippen LogP) is 1.40. The summed E-state index contributed by atoms with van der Waals surface area (Å²) < 4.78 is 1.73. The molecule has 8 heteroatoms. The second-order valence-corrected chi connectivity index (χ2v) is 8.80. The molecule has 8 nitrogen and oxygen atoms in total. The fourth-order valence-electron chi connectivity index (χ4n) is 4.35. The number of carbonyl (C=O) groups excluding carboxylic acids is 1. The summed E-state index contributed by atoms with van der Waals surface area (Å²) in [5, 5.41) is 7.73. The van der Waals surface area contributed by atoms with Gasteiger partial charge in [-0.25, -0.2) is 0 Å². The number of guanidine groups is 1. The van der Waals surface area contributed by atoms with Crippen molar-refractivity contribution in [2.24, 2.45) is 23.9 Å². The van der Waals surface area contributed by atoms with E-state index in [4.69, 9.17) is 0 Å². The van der Waals surface area contributed by atoms with Gasteiger partial charge in [0.05, 0.1) is 11.9 Å². The molecule has 1 amide bonds. The number of anilines is 1. The van der Waals surface area contributed by atoms with E-state index >= 15 is 0 Å². The van der Waals surface area contributed by atoms with E-state index in [1.807, 2.05) is 18.1 Å². The number of hydrogen-bond donors (Lipinski definition) is 1. The number of nitrogens with one attached hydrogen (secondary N) is 1. The van der Waals surface area contributed by atoms with Crippen LogP contribution in [0.15, 0.2) is 17.4 Å². The number of nitrogens with zero attached hydrogens (tertiary/aromatic N) is 6. The van der Waals surface area contributed by atoms with Crippen LogP contribution in [0.2, 0.25) is 0 Å². The minimum Gasteiger partial charge on any atom is -0.355 e. The molecule has 0 bridgehead atoms. The van der Waals surface area contributed by atoms with E-state index in [0.717, 1.165) is 30.7 Å². The molecule has 2 fully saturated rings. The van der Waals surface area contributed by atoms with E-state index < -0.39 is 0 Å². The highest BCUT2D eigenvalue weighted by molar-refractivity contribution is 5.98.